The fourth-order valence-corrected chi connectivity index (χ4v) is 3.54. The number of benzene rings is 2. The summed E-state index contributed by atoms with van der Waals surface area (Å²) in [6, 6.07) is 17.5. The molecule has 2 amide bonds. The highest BCUT2D eigenvalue weighted by atomic mass is 19.4. The van der Waals surface area contributed by atoms with Crippen molar-refractivity contribution in [3.63, 3.8) is 0 Å². The van der Waals surface area contributed by atoms with Crippen molar-refractivity contribution in [1.82, 2.24) is 10.3 Å². The molecule has 3 rings (SSSR count). The van der Waals surface area contributed by atoms with Gasteiger partial charge in [-0.05, 0) is 35.4 Å². The lowest BCUT2D eigenvalue weighted by Crippen LogP contribution is -2.55. The molecule has 1 unspecified atom stereocenters. The van der Waals surface area contributed by atoms with E-state index < -0.39 is 23.5 Å². The van der Waals surface area contributed by atoms with Crippen molar-refractivity contribution in [2.75, 3.05) is 19.5 Å². The fraction of sp³-hybridized carbons (Fsp3) is 0.200. The van der Waals surface area contributed by atoms with Crippen LogP contribution in [-0.4, -0.2) is 37.2 Å². The van der Waals surface area contributed by atoms with E-state index in [0.29, 0.717) is 17.1 Å². The molecule has 36 heavy (non-hydrogen) atoms. The number of nitriles is 1. The number of alkyl halides is 3. The number of imide groups is 1. The number of nitrogens with one attached hydrogen (secondary N) is 2. The summed E-state index contributed by atoms with van der Waals surface area (Å²) < 4.78 is 49.7. The van der Waals surface area contributed by atoms with Crippen LogP contribution in [-0.2, 0) is 21.5 Å². The zero-order valence-electron chi connectivity index (χ0n) is 19.2. The van der Waals surface area contributed by atoms with E-state index >= 15 is 0 Å². The highest BCUT2D eigenvalue weighted by molar-refractivity contribution is 6.03. The average molecular weight is 498 g/mol. The van der Waals surface area contributed by atoms with Gasteiger partial charge in [0.25, 0.3) is 5.91 Å². The van der Waals surface area contributed by atoms with E-state index in [9.17, 15) is 22.8 Å². The second kappa shape index (κ2) is 10.8. The molecule has 0 saturated carbocycles. The van der Waals surface area contributed by atoms with Crippen molar-refractivity contribution in [2.45, 2.75) is 18.1 Å². The van der Waals surface area contributed by atoms with Crippen LogP contribution in [0.25, 0.3) is 0 Å². The molecule has 0 bridgehead atoms. The molecule has 8 nitrogen and oxygen atoms in total. The Bertz CT molecular complexity index is 1280. The molecule has 1 atom stereocenters. The largest absolute Gasteiger partial charge is 0.493 e. The smallest absolute Gasteiger partial charge is 0.471 e. The number of carbonyl (C=O) groups is 2. The van der Waals surface area contributed by atoms with Gasteiger partial charge < -0.3 is 14.8 Å². The molecule has 0 fully saturated rings. The number of aromatic nitrogens is 1. The van der Waals surface area contributed by atoms with Crippen molar-refractivity contribution in [3.8, 4) is 17.6 Å². The van der Waals surface area contributed by atoms with Crippen molar-refractivity contribution in [3.05, 3.63) is 83.6 Å². The Hall–Kier alpha value is -4.59. The number of hydrogen-bond donors (Lipinski definition) is 2. The summed E-state index contributed by atoms with van der Waals surface area (Å²) in [5.74, 6) is -2.83. The van der Waals surface area contributed by atoms with Gasteiger partial charge in [-0.3, -0.25) is 14.9 Å². The number of amides is 2. The third kappa shape index (κ3) is 5.72. The Morgan fingerprint density at radius 3 is 2.22 bits per heavy atom. The highest BCUT2D eigenvalue weighted by Gasteiger charge is 2.46. The first-order valence-electron chi connectivity index (χ1n) is 10.5. The molecular formula is C25H21F3N4O4. The molecule has 2 aromatic carbocycles. The second-order valence-corrected chi connectivity index (χ2v) is 7.59. The molecule has 3 aromatic rings. The SMILES string of the molecule is COc1ccc(CC(Nc2ccc(C#N)cn2)(C(=O)NC(=O)C(F)(F)F)c2ccccc2)cc1OC. The fourth-order valence-electron chi connectivity index (χ4n) is 3.54. The number of hydrogen-bond acceptors (Lipinski definition) is 7. The quantitative estimate of drug-likeness (QED) is 0.487. The summed E-state index contributed by atoms with van der Waals surface area (Å²) in [5.41, 5.74) is -0.948. The molecule has 186 valence electrons. The normalized spacial score (nSPS) is 12.6. The minimum Gasteiger partial charge on any atom is -0.493 e. The van der Waals surface area contributed by atoms with E-state index in [2.05, 4.69) is 10.3 Å². The number of anilines is 1. The standard InChI is InChI=1S/C25H21F3N4O4/c1-35-19-10-8-16(12-20(19)36-2)13-24(18-6-4-3-5-7-18,22(33)31-23(34)25(26,27)28)32-21-11-9-17(14-29)15-30-21/h3-12,15H,13H2,1-2H3,(H,30,32)(H,31,33,34). The van der Waals surface area contributed by atoms with Crippen molar-refractivity contribution < 1.29 is 32.2 Å². The van der Waals surface area contributed by atoms with Gasteiger partial charge in [-0.15, -0.1) is 0 Å². The maximum absolute atomic E-state index is 13.5. The number of halogens is 3. The van der Waals surface area contributed by atoms with Gasteiger partial charge in [0, 0.05) is 12.6 Å². The summed E-state index contributed by atoms with van der Waals surface area (Å²) in [6.07, 6.45) is -4.25. The number of rotatable bonds is 8. The predicted molar refractivity (Wildman–Crippen MR) is 123 cm³/mol. The summed E-state index contributed by atoms with van der Waals surface area (Å²) in [6.45, 7) is 0. The summed E-state index contributed by atoms with van der Waals surface area (Å²) in [7, 11) is 2.86. The maximum atomic E-state index is 13.5. The van der Waals surface area contributed by atoms with Gasteiger partial charge in [0.05, 0.1) is 19.8 Å². The molecule has 0 spiro atoms. The van der Waals surface area contributed by atoms with Gasteiger partial charge in [0.2, 0.25) is 0 Å². The zero-order chi connectivity index (χ0) is 26.3. The van der Waals surface area contributed by atoms with Crippen LogP contribution < -0.4 is 20.1 Å². The number of pyridine rings is 1. The average Bonchev–Trinajstić information content (AvgIpc) is 2.88. The molecule has 1 aromatic heterocycles. The zero-order valence-corrected chi connectivity index (χ0v) is 19.2. The van der Waals surface area contributed by atoms with Crippen molar-refractivity contribution in [2.24, 2.45) is 0 Å². The first kappa shape index (κ1) is 26.0. The maximum Gasteiger partial charge on any atom is 0.471 e. The van der Waals surface area contributed by atoms with Gasteiger partial charge >= 0.3 is 12.1 Å². The van der Waals surface area contributed by atoms with E-state index in [1.807, 2.05) is 6.07 Å². The van der Waals surface area contributed by atoms with E-state index in [1.165, 1.54) is 50.0 Å². The molecule has 0 saturated heterocycles. The molecule has 0 aliphatic heterocycles. The van der Waals surface area contributed by atoms with Gasteiger partial charge in [-0.1, -0.05) is 36.4 Å². The van der Waals surface area contributed by atoms with E-state index in [0.717, 1.165) is 0 Å². The van der Waals surface area contributed by atoms with Crippen LogP contribution in [0, 0.1) is 11.3 Å². The Labute approximate surface area is 204 Å². The Balaban J connectivity index is 2.18. The summed E-state index contributed by atoms with van der Waals surface area (Å²) >= 11 is 0. The van der Waals surface area contributed by atoms with E-state index in [4.69, 9.17) is 14.7 Å². The topological polar surface area (TPSA) is 113 Å². The Kier molecular flexibility index (Phi) is 7.79. The third-order valence-electron chi connectivity index (χ3n) is 5.29. The third-order valence-corrected chi connectivity index (χ3v) is 5.29. The van der Waals surface area contributed by atoms with Crippen LogP contribution in [0.15, 0.2) is 66.9 Å². The first-order valence-corrected chi connectivity index (χ1v) is 10.5. The van der Waals surface area contributed by atoms with Crippen LogP contribution in [0.4, 0.5) is 19.0 Å². The molecule has 0 aliphatic carbocycles. The molecule has 0 aliphatic rings. The molecule has 1 heterocycles. The molecule has 2 N–H and O–H groups in total. The number of ether oxygens (including phenoxy) is 2. The van der Waals surface area contributed by atoms with Gasteiger partial charge in [-0.2, -0.15) is 18.4 Å². The molecule has 0 radical (unpaired) electrons. The van der Waals surface area contributed by atoms with Crippen LogP contribution in [0.1, 0.15) is 16.7 Å². The van der Waals surface area contributed by atoms with E-state index in [1.54, 1.807) is 36.4 Å². The van der Waals surface area contributed by atoms with E-state index in [-0.39, 0.29) is 23.4 Å². The number of methoxy groups -OCH3 is 2. The van der Waals surface area contributed by atoms with Crippen LogP contribution in [0.5, 0.6) is 11.5 Å². The predicted octanol–water partition coefficient (Wildman–Crippen LogP) is 3.73. The Morgan fingerprint density at radius 1 is 0.972 bits per heavy atom. The van der Waals surface area contributed by atoms with Gasteiger partial charge in [0.1, 0.15) is 17.4 Å². The highest BCUT2D eigenvalue weighted by Crippen LogP contribution is 2.34. The number of nitrogens with zero attached hydrogens (tertiary/aromatic N) is 2. The second-order valence-electron chi connectivity index (χ2n) is 7.59. The van der Waals surface area contributed by atoms with Gasteiger partial charge in [-0.25, -0.2) is 4.98 Å². The monoisotopic (exact) mass is 498 g/mol. The first-order chi connectivity index (χ1) is 17.1. The van der Waals surface area contributed by atoms with Crippen LogP contribution >= 0.6 is 0 Å². The number of carbonyl (C=O) groups excluding carboxylic acids is 2. The molecule has 11 heteroatoms. The Morgan fingerprint density at radius 2 is 1.67 bits per heavy atom. The lowest BCUT2D eigenvalue weighted by molar-refractivity contribution is -0.175. The van der Waals surface area contributed by atoms with Gasteiger partial charge in [0.15, 0.2) is 11.5 Å². The summed E-state index contributed by atoms with van der Waals surface area (Å²) in [4.78, 5) is 29.4. The van der Waals surface area contributed by atoms with Crippen molar-refractivity contribution in [1.29, 1.82) is 5.26 Å². The summed E-state index contributed by atoms with van der Waals surface area (Å²) in [5, 5.41) is 13.4. The minimum absolute atomic E-state index is 0.0907. The lowest BCUT2D eigenvalue weighted by atomic mass is 9.82. The minimum atomic E-state index is -5.28. The molecular weight excluding hydrogens is 477 g/mol. The van der Waals surface area contributed by atoms with Crippen molar-refractivity contribution >= 4 is 17.6 Å². The van der Waals surface area contributed by atoms with Crippen LogP contribution in [0.3, 0.4) is 0 Å². The van der Waals surface area contributed by atoms with Crippen LogP contribution in [0.2, 0.25) is 0 Å². The lowest BCUT2D eigenvalue weighted by Gasteiger charge is -2.34.